The van der Waals surface area contributed by atoms with E-state index in [1.165, 1.54) is 18.4 Å². The van der Waals surface area contributed by atoms with Gasteiger partial charge in [-0.3, -0.25) is 0 Å². The van der Waals surface area contributed by atoms with Crippen LogP contribution in [0.2, 0.25) is 18.1 Å². The van der Waals surface area contributed by atoms with Gasteiger partial charge in [-0.15, -0.1) is 0 Å². The van der Waals surface area contributed by atoms with Crippen LogP contribution in [0.5, 0.6) is 0 Å². The first-order valence-corrected chi connectivity index (χ1v) is 11.5. The van der Waals surface area contributed by atoms with Crippen molar-refractivity contribution >= 4 is 14.4 Å². The van der Waals surface area contributed by atoms with Crippen LogP contribution >= 0.6 is 0 Å². The fourth-order valence-electron chi connectivity index (χ4n) is 1.93. The molecule has 0 aromatic rings. The minimum Gasteiger partial charge on any atom is -0.549 e. The summed E-state index contributed by atoms with van der Waals surface area (Å²) in [5.41, 5.74) is 0.700. The van der Waals surface area contributed by atoms with Crippen molar-refractivity contribution in [2.75, 3.05) is 0 Å². The van der Waals surface area contributed by atoms with Crippen molar-refractivity contribution in [2.24, 2.45) is 5.92 Å². The maximum absolute atomic E-state index is 12.0. The minimum atomic E-state index is -1.83. The monoisotopic (exact) mass is 341 g/mol. The molecular weight excluding hydrogens is 306 g/mol. The molecule has 1 rings (SSSR count). The number of carbonyl (C=O) groups is 1. The second kappa shape index (κ2) is 6.87. The highest BCUT2D eigenvalue weighted by atomic mass is 28.4. The molecular formula is C18H35NO3Si. The van der Waals surface area contributed by atoms with Crippen LogP contribution in [0.1, 0.15) is 61.3 Å². The maximum Gasteiger partial charge on any atom is 0.408 e. The Morgan fingerprint density at radius 1 is 1.17 bits per heavy atom. The van der Waals surface area contributed by atoms with Crippen molar-refractivity contribution in [3.8, 4) is 0 Å². The summed E-state index contributed by atoms with van der Waals surface area (Å²) >= 11 is 0. The van der Waals surface area contributed by atoms with E-state index in [1.807, 2.05) is 34.0 Å². The molecule has 134 valence electrons. The van der Waals surface area contributed by atoms with Crippen LogP contribution in [-0.2, 0) is 9.16 Å². The van der Waals surface area contributed by atoms with E-state index in [9.17, 15) is 4.79 Å². The predicted octanol–water partition coefficient (Wildman–Crippen LogP) is 5.22. The number of carbonyl (C=O) groups excluding carboxylic acids is 1. The Bertz CT molecular complexity index is 454. The molecule has 0 aliphatic heterocycles. The highest BCUT2D eigenvalue weighted by molar-refractivity contribution is 6.74. The summed E-state index contributed by atoms with van der Waals surface area (Å²) in [5, 5.41) is 3.11. The second-order valence-electron chi connectivity index (χ2n) is 9.14. The van der Waals surface area contributed by atoms with Gasteiger partial charge in [0, 0.05) is 0 Å². The van der Waals surface area contributed by atoms with Crippen LogP contribution in [0.15, 0.2) is 11.8 Å². The summed E-state index contributed by atoms with van der Waals surface area (Å²) in [6, 6.07) is -0.0675. The van der Waals surface area contributed by atoms with Crippen molar-refractivity contribution in [3.05, 3.63) is 11.8 Å². The zero-order valence-corrected chi connectivity index (χ0v) is 17.4. The smallest absolute Gasteiger partial charge is 0.408 e. The highest BCUT2D eigenvalue weighted by Gasteiger charge is 2.39. The van der Waals surface area contributed by atoms with Gasteiger partial charge in [0.25, 0.3) is 0 Å². The molecule has 0 bridgehead atoms. The van der Waals surface area contributed by atoms with Crippen molar-refractivity contribution < 1.29 is 14.0 Å². The quantitative estimate of drug-likeness (QED) is 0.551. The van der Waals surface area contributed by atoms with Gasteiger partial charge >= 0.3 is 6.09 Å². The Morgan fingerprint density at radius 3 is 2.09 bits per heavy atom. The average molecular weight is 342 g/mol. The Kier molecular flexibility index (Phi) is 6.00. The Morgan fingerprint density at radius 2 is 1.70 bits per heavy atom. The maximum atomic E-state index is 12.0. The molecule has 1 N–H and O–H groups in total. The first-order chi connectivity index (χ1) is 10.2. The van der Waals surface area contributed by atoms with Crippen molar-refractivity contribution in [2.45, 2.75) is 91.1 Å². The lowest BCUT2D eigenvalue weighted by Crippen LogP contribution is -2.41. The molecule has 1 unspecified atom stereocenters. The molecule has 0 aromatic carbocycles. The van der Waals surface area contributed by atoms with Gasteiger partial charge in [0.2, 0.25) is 8.32 Å². The van der Waals surface area contributed by atoms with Crippen LogP contribution in [0.3, 0.4) is 0 Å². The Balaban J connectivity index is 2.75. The lowest BCUT2D eigenvalue weighted by molar-refractivity contribution is 0.0514. The number of hydrogen-bond acceptors (Lipinski definition) is 3. The van der Waals surface area contributed by atoms with Gasteiger partial charge in [0.1, 0.15) is 5.60 Å². The Hall–Kier alpha value is -0.973. The van der Waals surface area contributed by atoms with E-state index in [4.69, 9.17) is 9.16 Å². The molecule has 1 amide bonds. The molecule has 0 saturated heterocycles. The van der Waals surface area contributed by atoms with E-state index in [2.05, 4.69) is 39.2 Å². The first kappa shape index (κ1) is 20.1. The average Bonchev–Trinajstić information content (AvgIpc) is 3.08. The summed E-state index contributed by atoms with van der Waals surface area (Å²) in [4.78, 5) is 12.0. The van der Waals surface area contributed by atoms with Crippen molar-refractivity contribution in [1.82, 2.24) is 5.32 Å². The number of amides is 1. The lowest BCUT2D eigenvalue weighted by atomic mass is 10.1. The SMILES string of the molecule is CC(NC(=O)OC(C)(C)C)C(=CO[Si](C)(C)C(C)(C)C)C1CC1. The first-order valence-electron chi connectivity index (χ1n) is 8.60. The van der Waals surface area contributed by atoms with Crippen LogP contribution in [0.25, 0.3) is 0 Å². The highest BCUT2D eigenvalue weighted by Crippen LogP contribution is 2.40. The zero-order valence-electron chi connectivity index (χ0n) is 16.4. The molecule has 1 aliphatic carbocycles. The van der Waals surface area contributed by atoms with E-state index in [1.54, 1.807) is 0 Å². The lowest BCUT2D eigenvalue weighted by Gasteiger charge is -2.35. The number of ether oxygens (including phenoxy) is 1. The van der Waals surface area contributed by atoms with Crippen molar-refractivity contribution in [1.29, 1.82) is 0 Å². The minimum absolute atomic E-state index is 0.0675. The van der Waals surface area contributed by atoms with Gasteiger partial charge in [-0.25, -0.2) is 4.79 Å². The topological polar surface area (TPSA) is 47.6 Å². The molecule has 1 atom stereocenters. The molecule has 1 aliphatic rings. The molecule has 1 fully saturated rings. The van der Waals surface area contributed by atoms with Gasteiger partial charge in [-0.1, -0.05) is 20.8 Å². The largest absolute Gasteiger partial charge is 0.549 e. The van der Waals surface area contributed by atoms with Crippen LogP contribution in [0, 0.1) is 5.92 Å². The van der Waals surface area contributed by atoms with Crippen molar-refractivity contribution in [3.63, 3.8) is 0 Å². The molecule has 5 heteroatoms. The van der Waals surface area contributed by atoms with Crippen LogP contribution in [-0.4, -0.2) is 26.1 Å². The van der Waals surface area contributed by atoms with Crippen LogP contribution in [0.4, 0.5) is 4.79 Å². The van der Waals surface area contributed by atoms with Gasteiger partial charge in [-0.2, -0.15) is 0 Å². The summed E-state index contributed by atoms with van der Waals surface area (Å²) < 4.78 is 11.6. The number of hydrogen-bond donors (Lipinski definition) is 1. The second-order valence-corrected chi connectivity index (χ2v) is 13.9. The molecule has 0 aromatic heterocycles. The molecule has 23 heavy (non-hydrogen) atoms. The third-order valence-corrected chi connectivity index (χ3v) is 8.90. The fraction of sp³-hybridized carbons (Fsp3) is 0.833. The number of rotatable bonds is 5. The van der Waals surface area contributed by atoms with Crippen LogP contribution < -0.4 is 5.32 Å². The van der Waals surface area contributed by atoms with E-state index in [0.717, 1.165) is 0 Å². The predicted molar refractivity (Wildman–Crippen MR) is 97.9 cm³/mol. The number of alkyl carbamates (subject to hydrolysis) is 1. The van der Waals surface area contributed by atoms with E-state index >= 15 is 0 Å². The van der Waals surface area contributed by atoms with Gasteiger partial charge in [0.15, 0.2) is 0 Å². The Labute approximate surface area is 143 Å². The molecule has 0 spiro atoms. The summed E-state index contributed by atoms with van der Waals surface area (Å²) in [6.07, 6.45) is 3.90. The summed E-state index contributed by atoms with van der Waals surface area (Å²) in [6.45, 7) is 18.8. The summed E-state index contributed by atoms with van der Waals surface area (Å²) in [7, 11) is -1.83. The van der Waals surface area contributed by atoms with Gasteiger partial charge < -0.3 is 14.5 Å². The summed E-state index contributed by atoms with van der Waals surface area (Å²) in [5.74, 6) is 0.532. The molecule has 0 radical (unpaired) electrons. The zero-order chi connectivity index (χ0) is 18.1. The van der Waals surface area contributed by atoms with E-state index in [0.29, 0.717) is 5.92 Å². The molecule has 1 saturated carbocycles. The fourth-order valence-corrected chi connectivity index (χ4v) is 2.71. The standard InChI is InChI=1S/C18H35NO3Si/c1-13(19-16(20)22-17(2,3)4)15(14-10-11-14)12-21-23(8,9)18(5,6)7/h12-14H,10-11H2,1-9H3,(H,19,20). The number of nitrogens with one attached hydrogen (secondary N) is 1. The molecule has 4 nitrogen and oxygen atoms in total. The van der Waals surface area contributed by atoms with E-state index in [-0.39, 0.29) is 17.2 Å². The third kappa shape index (κ3) is 6.57. The van der Waals surface area contributed by atoms with E-state index < -0.39 is 13.9 Å². The third-order valence-electron chi connectivity index (χ3n) is 4.58. The normalized spacial score (nSPS) is 18.4. The van der Waals surface area contributed by atoms with Gasteiger partial charge in [-0.05, 0) is 70.2 Å². The van der Waals surface area contributed by atoms with Gasteiger partial charge in [0.05, 0.1) is 12.3 Å². The molecule has 0 heterocycles.